The molecule has 0 aliphatic rings. The van der Waals surface area contributed by atoms with Crippen molar-refractivity contribution in [1.82, 2.24) is 0 Å². The summed E-state index contributed by atoms with van der Waals surface area (Å²) in [5, 5.41) is 29.8. The maximum Gasteiger partial charge on any atom is 0.310 e. The Labute approximate surface area is 186 Å². The minimum Gasteiger partial charge on any atom is -0.508 e. The molecule has 0 amide bonds. The van der Waals surface area contributed by atoms with Crippen LogP contribution in [0.1, 0.15) is 30.0 Å². The molecule has 0 bridgehead atoms. The minimum atomic E-state index is -0.643. The number of rotatable bonds is 9. The number of aliphatic hydroxyl groups is 1. The van der Waals surface area contributed by atoms with Crippen molar-refractivity contribution in [3.05, 3.63) is 76.6 Å². The Balaban J connectivity index is 2.33. The number of aromatic hydroxyl groups is 2. The van der Waals surface area contributed by atoms with Gasteiger partial charge in [0, 0.05) is 0 Å². The zero-order valence-corrected chi connectivity index (χ0v) is 18.2. The Kier molecular flexibility index (Phi) is 8.65. The Morgan fingerprint density at radius 2 is 1.59 bits per heavy atom. The van der Waals surface area contributed by atoms with E-state index in [0.29, 0.717) is 16.7 Å². The van der Waals surface area contributed by atoms with Gasteiger partial charge in [0.15, 0.2) is 17.3 Å². The van der Waals surface area contributed by atoms with Gasteiger partial charge >= 0.3 is 5.97 Å². The third kappa shape index (κ3) is 6.77. The number of allylic oxidation sites excluding steroid dienone is 2. The van der Waals surface area contributed by atoms with E-state index >= 15 is 0 Å². The van der Waals surface area contributed by atoms with Crippen molar-refractivity contribution in [2.45, 2.75) is 20.3 Å². The van der Waals surface area contributed by atoms with Gasteiger partial charge in [-0.3, -0.25) is 9.59 Å². The van der Waals surface area contributed by atoms with Crippen LogP contribution in [0.15, 0.2) is 59.9 Å². The van der Waals surface area contributed by atoms with Gasteiger partial charge in [0.2, 0.25) is 0 Å². The van der Waals surface area contributed by atoms with Crippen molar-refractivity contribution < 1.29 is 34.4 Å². The highest BCUT2D eigenvalue weighted by Gasteiger charge is 2.17. The number of carbonyl (C=O) groups excluding carboxylic acids is 2. The van der Waals surface area contributed by atoms with E-state index in [4.69, 9.17) is 9.47 Å². The van der Waals surface area contributed by atoms with Crippen molar-refractivity contribution in [3.8, 4) is 17.2 Å². The molecule has 168 valence electrons. The summed E-state index contributed by atoms with van der Waals surface area (Å²) in [5.74, 6) is -1.22. The summed E-state index contributed by atoms with van der Waals surface area (Å²) in [4.78, 5) is 24.7. The smallest absolute Gasteiger partial charge is 0.310 e. The molecule has 0 aliphatic heterocycles. The van der Waals surface area contributed by atoms with Gasteiger partial charge in [-0.1, -0.05) is 24.3 Å². The molecule has 32 heavy (non-hydrogen) atoms. The summed E-state index contributed by atoms with van der Waals surface area (Å²) in [5.41, 5.74) is 1.80. The average molecular weight is 438 g/mol. The van der Waals surface area contributed by atoms with Gasteiger partial charge in [0.25, 0.3) is 0 Å². The minimum absolute atomic E-state index is 0.0304. The van der Waals surface area contributed by atoms with Gasteiger partial charge in [-0.25, -0.2) is 0 Å². The largest absolute Gasteiger partial charge is 0.508 e. The molecule has 0 saturated heterocycles. The monoisotopic (exact) mass is 438 g/mol. The van der Waals surface area contributed by atoms with Crippen molar-refractivity contribution in [2.75, 3.05) is 13.7 Å². The number of ketones is 1. The number of phenols is 2. The molecule has 0 heterocycles. The normalized spacial score (nSPS) is 12.1. The highest BCUT2D eigenvalue weighted by molar-refractivity contribution is 6.09. The third-order valence-electron chi connectivity index (χ3n) is 4.52. The highest BCUT2D eigenvalue weighted by Crippen LogP contribution is 2.27. The van der Waals surface area contributed by atoms with E-state index in [-0.39, 0.29) is 35.2 Å². The number of aliphatic hydroxyl groups excluding tert-OH is 1. The van der Waals surface area contributed by atoms with E-state index in [2.05, 4.69) is 0 Å². The SMILES string of the molecule is CCOC(=O)C/C(C(=O)/C=C/c1ccc(O)c(C)c1)=C(O)\C=C\c1ccc(O)c(OC)c1. The molecular weight excluding hydrogens is 412 g/mol. The summed E-state index contributed by atoms with van der Waals surface area (Å²) >= 11 is 0. The molecule has 2 aromatic carbocycles. The first-order valence-electron chi connectivity index (χ1n) is 9.90. The number of hydrogen-bond acceptors (Lipinski definition) is 7. The fraction of sp³-hybridized carbons (Fsp3) is 0.200. The second kappa shape index (κ2) is 11.4. The van der Waals surface area contributed by atoms with E-state index in [1.54, 1.807) is 38.1 Å². The highest BCUT2D eigenvalue weighted by atomic mass is 16.5. The van der Waals surface area contributed by atoms with E-state index in [1.807, 2.05) is 0 Å². The molecule has 0 radical (unpaired) electrons. The van der Waals surface area contributed by atoms with Crippen molar-refractivity contribution >= 4 is 23.9 Å². The Hall–Kier alpha value is -4.00. The van der Waals surface area contributed by atoms with Gasteiger partial charge < -0.3 is 24.8 Å². The maximum atomic E-state index is 12.8. The molecule has 0 aliphatic carbocycles. The van der Waals surface area contributed by atoms with Gasteiger partial charge in [0.05, 0.1) is 25.7 Å². The van der Waals surface area contributed by atoms with Gasteiger partial charge in [0.1, 0.15) is 11.5 Å². The molecule has 3 N–H and O–H groups in total. The van der Waals surface area contributed by atoms with Crippen LogP contribution in [0.2, 0.25) is 0 Å². The topological polar surface area (TPSA) is 113 Å². The van der Waals surface area contributed by atoms with Crippen molar-refractivity contribution in [3.63, 3.8) is 0 Å². The second-order valence-electron chi connectivity index (χ2n) is 6.85. The first-order valence-corrected chi connectivity index (χ1v) is 9.90. The number of aryl methyl sites for hydroxylation is 1. The Morgan fingerprint density at radius 1 is 0.969 bits per heavy atom. The molecule has 0 atom stereocenters. The molecule has 0 unspecified atom stereocenters. The van der Waals surface area contributed by atoms with E-state index in [1.165, 1.54) is 43.5 Å². The van der Waals surface area contributed by atoms with Crippen LogP contribution in [0.3, 0.4) is 0 Å². The van der Waals surface area contributed by atoms with Gasteiger partial charge in [-0.2, -0.15) is 0 Å². The summed E-state index contributed by atoms with van der Waals surface area (Å²) in [7, 11) is 1.41. The zero-order chi connectivity index (χ0) is 23.7. The summed E-state index contributed by atoms with van der Waals surface area (Å²) < 4.78 is 9.96. The third-order valence-corrected chi connectivity index (χ3v) is 4.52. The van der Waals surface area contributed by atoms with Crippen LogP contribution < -0.4 is 4.74 Å². The molecule has 7 nitrogen and oxygen atoms in total. The number of esters is 1. The van der Waals surface area contributed by atoms with Crippen LogP contribution in [-0.2, 0) is 14.3 Å². The lowest BCUT2D eigenvalue weighted by Crippen LogP contribution is -2.11. The van der Waals surface area contributed by atoms with Crippen LogP contribution >= 0.6 is 0 Å². The lowest BCUT2D eigenvalue weighted by molar-refractivity contribution is -0.142. The van der Waals surface area contributed by atoms with Crippen LogP contribution in [0.4, 0.5) is 0 Å². The quantitative estimate of drug-likeness (QED) is 0.229. The summed E-state index contributed by atoms with van der Waals surface area (Å²) in [6, 6.07) is 9.44. The number of hydrogen-bond donors (Lipinski definition) is 3. The fourth-order valence-corrected chi connectivity index (χ4v) is 2.79. The number of ether oxygens (including phenoxy) is 2. The standard InChI is InChI=1S/C25H26O7/c1-4-32-25(30)15-19(21(27)10-6-17-5-9-20(26)16(2)13-17)22(28)11-7-18-8-12-23(29)24(14-18)31-3/h5-14,26,28-29H,4,15H2,1-3H3/b10-6+,11-7+,22-19-. The summed E-state index contributed by atoms with van der Waals surface area (Å²) in [6.07, 6.45) is 5.18. The molecule has 2 aromatic rings. The Bertz CT molecular complexity index is 1080. The van der Waals surface area contributed by atoms with Crippen LogP contribution in [0.25, 0.3) is 12.2 Å². The van der Waals surface area contributed by atoms with Crippen molar-refractivity contribution in [1.29, 1.82) is 0 Å². The molecule has 0 fully saturated rings. The van der Waals surface area contributed by atoms with Crippen LogP contribution in [0.5, 0.6) is 17.2 Å². The zero-order valence-electron chi connectivity index (χ0n) is 18.2. The lowest BCUT2D eigenvalue weighted by atomic mass is 10.0. The van der Waals surface area contributed by atoms with E-state index in [0.717, 1.165) is 0 Å². The molecule has 0 spiro atoms. The van der Waals surface area contributed by atoms with E-state index in [9.17, 15) is 24.9 Å². The lowest BCUT2D eigenvalue weighted by Gasteiger charge is -2.07. The van der Waals surface area contributed by atoms with Gasteiger partial charge in [-0.05, 0) is 67.0 Å². The first kappa shape index (κ1) is 24.3. The number of carbonyl (C=O) groups is 2. The number of benzene rings is 2. The molecule has 2 rings (SSSR count). The molecule has 0 aromatic heterocycles. The fourth-order valence-electron chi connectivity index (χ4n) is 2.79. The molecule has 0 saturated carbocycles. The predicted octanol–water partition coefficient (Wildman–Crippen LogP) is 4.48. The second-order valence-corrected chi connectivity index (χ2v) is 6.85. The van der Waals surface area contributed by atoms with E-state index < -0.39 is 18.2 Å². The first-order chi connectivity index (χ1) is 15.2. The predicted molar refractivity (Wildman–Crippen MR) is 121 cm³/mol. The number of phenolic OH excluding ortho intramolecular Hbond substituents is 2. The Morgan fingerprint density at radius 3 is 2.22 bits per heavy atom. The van der Waals surface area contributed by atoms with Crippen LogP contribution in [0, 0.1) is 6.92 Å². The molecule has 7 heteroatoms. The average Bonchev–Trinajstić information content (AvgIpc) is 2.77. The van der Waals surface area contributed by atoms with Crippen molar-refractivity contribution in [2.24, 2.45) is 0 Å². The van der Waals surface area contributed by atoms with Crippen LogP contribution in [-0.4, -0.2) is 40.8 Å². The molecular formula is C25H26O7. The summed E-state index contributed by atoms with van der Waals surface area (Å²) in [6.45, 7) is 3.52. The maximum absolute atomic E-state index is 12.8. The number of methoxy groups -OCH3 is 1. The van der Waals surface area contributed by atoms with Gasteiger partial charge in [-0.15, -0.1) is 0 Å².